The van der Waals surface area contributed by atoms with Crippen LogP contribution in [0.3, 0.4) is 0 Å². The number of carbonyl (C=O) groups excluding carboxylic acids is 1. The van der Waals surface area contributed by atoms with Crippen molar-refractivity contribution in [2.24, 2.45) is 0 Å². The second kappa shape index (κ2) is 6.01. The Morgan fingerprint density at radius 1 is 1.19 bits per heavy atom. The van der Waals surface area contributed by atoms with Crippen LogP contribution in [0.5, 0.6) is 0 Å². The molecule has 0 atom stereocenters. The van der Waals surface area contributed by atoms with Crippen LogP contribution in [0.4, 0.5) is 0 Å². The van der Waals surface area contributed by atoms with E-state index in [2.05, 4.69) is 15.9 Å². The number of hydrogen-bond acceptors (Lipinski definition) is 2. The molecule has 1 aromatic rings. The second-order valence-corrected chi connectivity index (χ2v) is 4.57. The number of ketones is 1. The van der Waals surface area contributed by atoms with Gasteiger partial charge in [0.1, 0.15) is 0 Å². The highest BCUT2D eigenvalue weighted by Crippen LogP contribution is 2.17. The Balaban J connectivity index is 2.89. The van der Waals surface area contributed by atoms with Gasteiger partial charge in [0.15, 0.2) is 5.78 Å². The van der Waals surface area contributed by atoms with E-state index in [0.717, 1.165) is 10.0 Å². The highest BCUT2D eigenvalue weighted by Gasteiger charge is 2.07. The summed E-state index contributed by atoms with van der Waals surface area (Å²) in [6.07, 6.45) is 0.178. The van der Waals surface area contributed by atoms with Crippen LogP contribution in [0.2, 0.25) is 0 Å². The molecular formula is C11H10BrClO3. The van der Waals surface area contributed by atoms with Crippen LogP contribution in [0.15, 0.2) is 22.7 Å². The Morgan fingerprint density at radius 2 is 1.75 bits per heavy atom. The number of halogens is 2. The Hall–Kier alpha value is -0.870. The third-order valence-electron chi connectivity index (χ3n) is 1.92. The van der Waals surface area contributed by atoms with Crippen molar-refractivity contribution >= 4 is 39.3 Å². The Bertz CT molecular complexity index is 418. The summed E-state index contributed by atoms with van der Waals surface area (Å²) in [6, 6.07) is 5.22. The van der Waals surface area contributed by atoms with Crippen molar-refractivity contribution < 1.29 is 14.7 Å². The molecule has 5 heteroatoms. The standard InChI is InChI=1S/C11H10BrClO3/c12-9-2-7(4-10(14)6-13)1-8(3-9)5-11(15)16/h1-3H,4-6H2,(H,15,16). The summed E-state index contributed by atoms with van der Waals surface area (Å²) in [5.41, 5.74) is 1.44. The lowest BCUT2D eigenvalue weighted by atomic mass is 10.0. The fourth-order valence-electron chi connectivity index (χ4n) is 1.37. The highest BCUT2D eigenvalue weighted by atomic mass is 79.9. The molecule has 0 heterocycles. The third kappa shape index (κ3) is 4.33. The van der Waals surface area contributed by atoms with Gasteiger partial charge in [0.05, 0.1) is 12.3 Å². The molecule has 0 aliphatic rings. The maximum absolute atomic E-state index is 11.2. The van der Waals surface area contributed by atoms with Gasteiger partial charge in [0.2, 0.25) is 0 Å². The fraction of sp³-hybridized carbons (Fsp3) is 0.273. The molecule has 16 heavy (non-hydrogen) atoms. The maximum Gasteiger partial charge on any atom is 0.307 e. The molecule has 0 aliphatic carbocycles. The number of carboxylic acid groups (broad SMARTS) is 1. The number of alkyl halides is 1. The monoisotopic (exact) mass is 304 g/mol. The lowest BCUT2D eigenvalue weighted by Crippen LogP contribution is -2.05. The maximum atomic E-state index is 11.2. The zero-order valence-electron chi connectivity index (χ0n) is 8.37. The average molecular weight is 306 g/mol. The molecule has 0 saturated heterocycles. The van der Waals surface area contributed by atoms with E-state index in [-0.39, 0.29) is 24.5 Å². The predicted octanol–water partition coefficient (Wildman–Crippen LogP) is 2.43. The molecule has 3 nitrogen and oxygen atoms in total. The van der Waals surface area contributed by atoms with Gasteiger partial charge in [-0.3, -0.25) is 9.59 Å². The van der Waals surface area contributed by atoms with Gasteiger partial charge in [-0.1, -0.05) is 22.0 Å². The quantitative estimate of drug-likeness (QED) is 0.850. The van der Waals surface area contributed by atoms with Crippen molar-refractivity contribution in [2.75, 3.05) is 5.88 Å². The van der Waals surface area contributed by atoms with Gasteiger partial charge >= 0.3 is 5.97 Å². The van der Waals surface area contributed by atoms with Crippen LogP contribution in [-0.2, 0) is 22.4 Å². The van der Waals surface area contributed by atoms with Crippen molar-refractivity contribution in [1.29, 1.82) is 0 Å². The van der Waals surface area contributed by atoms with Crippen molar-refractivity contribution in [1.82, 2.24) is 0 Å². The molecule has 0 aliphatic heterocycles. The minimum atomic E-state index is -0.896. The number of benzene rings is 1. The van der Waals surface area contributed by atoms with E-state index < -0.39 is 5.97 Å². The molecular weight excluding hydrogens is 295 g/mol. The molecule has 1 N–H and O–H groups in total. The van der Waals surface area contributed by atoms with E-state index in [1.54, 1.807) is 18.2 Å². The largest absolute Gasteiger partial charge is 0.481 e. The molecule has 0 saturated carbocycles. The van der Waals surface area contributed by atoms with Crippen LogP contribution in [0.1, 0.15) is 11.1 Å². The second-order valence-electron chi connectivity index (χ2n) is 3.39. The summed E-state index contributed by atoms with van der Waals surface area (Å²) < 4.78 is 0.767. The van der Waals surface area contributed by atoms with Gasteiger partial charge < -0.3 is 5.11 Å². The van der Waals surface area contributed by atoms with Gasteiger partial charge in [-0.05, 0) is 23.3 Å². The van der Waals surface area contributed by atoms with Crippen LogP contribution < -0.4 is 0 Å². The van der Waals surface area contributed by atoms with Crippen molar-refractivity contribution in [3.63, 3.8) is 0 Å². The van der Waals surface area contributed by atoms with Gasteiger partial charge in [-0.15, -0.1) is 11.6 Å². The summed E-state index contributed by atoms with van der Waals surface area (Å²) >= 11 is 8.69. The van der Waals surface area contributed by atoms with Crippen molar-refractivity contribution in [3.05, 3.63) is 33.8 Å². The molecule has 0 spiro atoms. The first-order valence-corrected chi connectivity index (χ1v) is 5.92. The van der Waals surface area contributed by atoms with E-state index >= 15 is 0 Å². The van der Waals surface area contributed by atoms with Crippen LogP contribution >= 0.6 is 27.5 Å². The number of carboxylic acids is 1. The zero-order chi connectivity index (χ0) is 12.1. The molecule has 0 unspecified atom stereocenters. The van der Waals surface area contributed by atoms with Gasteiger partial charge in [0.25, 0.3) is 0 Å². The van der Waals surface area contributed by atoms with Crippen LogP contribution in [-0.4, -0.2) is 22.7 Å². The lowest BCUT2D eigenvalue weighted by Gasteiger charge is -2.04. The molecule has 0 fully saturated rings. The van der Waals surface area contributed by atoms with Gasteiger partial charge in [0, 0.05) is 10.9 Å². The van der Waals surface area contributed by atoms with Crippen molar-refractivity contribution in [2.45, 2.75) is 12.8 Å². The Morgan fingerprint density at radius 3 is 2.25 bits per heavy atom. The number of carbonyl (C=O) groups is 2. The van der Waals surface area contributed by atoms with E-state index in [1.165, 1.54) is 0 Å². The first kappa shape index (κ1) is 13.2. The number of rotatable bonds is 5. The summed E-state index contributed by atoms with van der Waals surface area (Å²) in [5, 5.41) is 8.67. The predicted molar refractivity (Wildman–Crippen MR) is 64.9 cm³/mol. The summed E-state index contributed by atoms with van der Waals surface area (Å²) in [5.74, 6) is -1.01. The normalized spacial score (nSPS) is 10.1. The zero-order valence-corrected chi connectivity index (χ0v) is 10.7. The third-order valence-corrected chi connectivity index (χ3v) is 2.68. The lowest BCUT2D eigenvalue weighted by molar-refractivity contribution is -0.136. The van der Waals surface area contributed by atoms with Crippen LogP contribution in [0, 0.1) is 0 Å². The minimum Gasteiger partial charge on any atom is -0.481 e. The molecule has 0 aromatic heterocycles. The molecule has 0 bridgehead atoms. The first-order valence-electron chi connectivity index (χ1n) is 4.59. The van der Waals surface area contributed by atoms with E-state index in [4.69, 9.17) is 16.7 Å². The van der Waals surface area contributed by atoms with Crippen molar-refractivity contribution in [3.8, 4) is 0 Å². The summed E-state index contributed by atoms with van der Waals surface area (Å²) in [4.78, 5) is 21.7. The molecule has 0 radical (unpaired) electrons. The SMILES string of the molecule is O=C(O)Cc1cc(Br)cc(CC(=O)CCl)c1. The van der Waals surface area contributed by atoms with E-state index in [0.29, 0.717) is 5.56 Å². The van der Waals surface area contributed by atoms with E-state index in [9.17, 15) is 9.59 Å². The number of aliphatic carboxylic acids is 1. The van der Waals surface area contributed by atoms with E-state index in [1.807, 2.05) is 0 Å². The molecule has 0 amide bonds. The Labute approximate surface area is 107 Å². The Kier molecular flexibility index (Phi) is 4.96. The minimum absolute atomic E-state index is 0.0270. The van der Waals surface area contributed by atoms with Gasteiger partial charge in [-0.2, -0.15) is 0 Å². The fourth-order valence-corrected chi connectivity index (χ4v) is 2.05. The van der Waals surface area contributed by atoms with Crippen LogP contribution in [0.25, 0.3) is 0 Å². The average Bonchev–Trinajstić information content (AvgIpc) is 2.15. The van der Waals surface area contributed by atoms with Gasteiger partial charge in [-0.25, -0.2) is 0 Å². The smallest absolute Gasteiger partial charge is 0.307 e. The molecule has 1 aromatic carbocycles. The number of hydrogen-bond donors (Lipinski definition) is 1. The summed E-state index contributed by atoms with van der Waals surface area (Å²) in [6.45, 7) is 0. The topological polar surface area (TPSA) is 54.4 Å². The highest BCUT2D eigenvalue weighted by molar-refractivity contribution is 9.10. The molecule has 1 rings (SSSR count). The molecule has 86 valence electrons. The number of Topliss-reactive ketones (excluding diaryl/α,β-unsaturated/α-hetero) is 1. The first-order chi connectivity index (χ1) is 7.51. The summed E-state index contributed by atoms with van der Waals surface area (Å²) in [7, 11) is 0.